The SMILES string of the molecule is FC(F)c1[nH]nc(I)c1-c1cccc(Br)c1. The van der Waals surface area contributed by atoms with Gasteiger partial charge in [0.1, 0.15) is 9.39 Å². The third-order valence-electron chi connectivity index (χ3n) is 2.08. The Kier molecular flexibility index (Phi) is 3.58. The normalized spacial score (nSPS) is 11.1. The highest BCUT2D eigenvalue weighted by atomic mass is 127. The van der Waals surface area contributed by atoms with Crippen LogP contribution in [-0.2, 0) is 0 Å². The number of halogens is 4. The molecule has 6 heteroatoms. The van der Waals surface area contributed by atoms with Gasteiger partial charge in [0.15, 0.2) is 0 Å². The van der Waals surface area contributed by atoms with Gasteiger partial charge in [-0.3, -0.25) is 5.10 Å². The molecule has 0 saturated carbocycles. The molecule has 0 aliphatic rings. The molecule has 1 aromatic carbocycles. The highest BCUT2D eigenvalue weighted by molar-refractivity contribution is 14.1. The molecule has 0 aliphatic heterocycles. The molecular weight excluding hydrogens is 393 g/mol. The first-order valence-electron chi connectivity index (χ1n) is 4.37. The molecule has 1 heterocycles. The molecular formula is C10H6BrF2IN2. The van der Waals surface area contributed by atoms with Crippen LogP contribution < -0.4 is 0 Å². The van der Waals surface area contributed by atoms with E-state index in [0.29, 0.717) is 9.26 Å². The molecule has 84 valence electrons. The van der Waals surface area contributed by atoms with Crippen molar-refractivity contribution in [3.8, 4) is 11.1 Å². The van der Waals surface area contributed by atoms with Gasteiger partial charge < -0.3 is 0 Å². The van der Waals surface area contributed by atoms with Crippen LogP contribution in [0.15, 0.2) is 28.7 Å². The zero-order valence-electron chi connectivity index (χ0n) is 7.85. The Bertz CT molecular complexity index is 513. The third-order valence-corrected chi connectivity index (χ3v) is 3.36. The van der Waals surface area contributed by atoms with Crippen LogP contribution in [0.5, 0.6) is 0 Å². The summed E-state index contributed by atoms with van der Waals surface area (Å²) in [6.45, 7) is 0. The number of H-pyrrole nitrogens is 1. The summed E-state index contributed by atoms with van der Waals surface area (Å²) in [4.78, 5) is 0. The van der Waals surface area contributed by atoms with Crippen molar-refractivity contribution >= 4 is 38.5 Å². The van der Waals surface area contributed by atoms with E-state index >= 15 is 0 Å². The molecule has 0 aliphatic carbocycles. The average molecular weight is 399 g/mol. The fraction of sp³-hybridized carbons (Fsp3) is 0.100. The summed E-state index contributed by atoms with van der Waals surface area (Å²) in [5, 5.41) is 6.18. The van der Waals surface area contributed by atoms with Crippen molar-refractivity contribution in [1.82, 2.24) is 10.2 Å². The van der Waals surface area contributed by atoms with Gasteiger partial charge in [0.05, 0.1) is 0 Å². The van der Waals surface area contributed by atoms with Crippen LogP contribution in [0.25, 0.3) is 11.1 Å². The fourth-order valence-electron chi connectivity index (χ4n) is 1.41. The van der Waals surface area contributed by atoms with Crippen LogP contribution in [0.2, 0.25) is 0 Å². The minimum atomic E-state index is -2.55. The molecule has 2 nitrogen and oxygen atoms in total. The number of hydrogen-bond acceptors (Lipinski definition) is 1. The standard InChI is InChI=1S/C10H6BrF2IN2/c11-6-3-1-2-5(4-6)7-8(9(12)13)15-16-10(7)14/h1-4,9H,(H,15,16). The number of hydrogen-bond donors (Lipinski definition) is 1. The van der Waals surface area contributed by atoms with Crippen LogP contribution in [0.1, 0.15) is 12.1 Å². The molecule has 0 saturated heterocycles. The van der Waals surface area contributed by atoms with Crippen LogP contribution in [0.3, 0.4) is 0 Å². The molecule has 0 unspecified atom stereocenters. The van der Waals surface area contributed by atoms with Crippen molar-refractivity contribution in [1.29, 1.82) is 0 Å². The third kappa shape index (κ3) is 2.27. The van der Waals surface area contributed by atoms with Gasteiger partial charge in [0, 0.05) is 10.0 Å². The lowest BCUT2D eigenvalue weighted by Gasteiger charge is -2.03. The lowest BCUT2D eigenvalue weighted by atomic mass is 10.1. The van der Waals surface area contributed by atoms with Crippen molar-refractivity contribution in [2.45, 2.75) is 6.43 Å². The van der Waals surface area contributed by atoms with Gasteiger partial charge in [-0.2, -0.15) is 5.10 Å². The summed E-state index contributed by atoms with van der Waals surface area (Å²) < 4.78 is 26.9. The zero-order chi connectivity index (χ0) is 11.7. The summed E-state index contributed by atoms with van der Waals surface area (Å²) in [5.41, 5.74) is 1.06. The van der Waals surface area contributed by atoms with Crippen LogP contribution in [0.4, 0.5) is 8.78 Å². The molecule has 16 heavy (non-hydrogen) atoms. The van der Waals surface area contributed by atoms with E-state index in [9.17, 15) is 8.78 Å². The summed E-state index contributed by atoms with van der Waals surface area (Å²) in [5.74, 6) is 0. The first kappa shape index (κ1) is 12.0. The highest BCUT2D eigenvalue weighted by Gasteiger charge is 2.20. The lowest BCUT2D eigenvalue weighted by molar-refractivity contribution is 0.146. The summed E-state index contributed by atoms with van der Waals surface area (Å²) in [6, 6.07) is 7.22. The van der Waals surface area contributed by atoms with E-state index in [2.05, 4.69) is 26.1 Å². The predicted octanol–water partition coefficient (Wildman–Crippen LogP) is 4.38. The molecule has 2 aromatic rings. The molecule has 1 N–H and O–H groups in total. The second-order valence-corrected chi connectivity index (χ2v) is 5.05. The number of alkyl halides is 2. The smallest absolute Gasteiger partial charge is 0.275 e. The van der Waals surface area contributed by atoms with Crippen LogP contribution >= 0.6 is 38.5 Å². The van der Waals surface area contributed by atoms with Gasteiger partial charge >= 0.3 is 0 Å². The lowest BCUT2D eigenvalue weighted by Crippen LogP contribution is -1.89. The van der Waals surface area contributed by atoms with Gasteiger partial charge in [0.2, 0.25) is 0 Å². The molecule has 2 rings (SSSR count). The van der Waals surface area contributed by atoms with Crippen molar-refractivity contribution in [2.24, 2.45) is 0 Å². The first-order chi connectivity index (χ1) is 7.59. The molecule has 1 aromatic heterocycles. The van der Waals surface area contributed by atoms with E-state index < -0.39 is 6.43 Å². The number of aromatic nitrogens is 2. The molecule has 0 fully saturated rings. The van der Waals surface area contributed by atoms with Crippen molar-refractivity contribution < 1.29 is 8.78 Å². The maximum absolute atomic E-state index is 12.7. The Morgan fingerprint density at radius 3 is 2.75 bits per heavy atom. The zero-order valence-corrected chi connectivity index (χ0v) is 11.6. The van der Waals surface area contributed by atoms with E-state index in [-0.39, 0.29) is 5.69 Å². The Hall–Kier alpha value is -0.500. The van der Waals surface area contributed by atoms with E-state index in [1.54, 1.807) is 18.2 Å². The number of benzene rings is 1. The van der Waals surface area contributed by atoms with Crippen LogP contribution in [0, 0.1) is 3.70 Å². The molecule has 0 bridgehead atoms. The van der Waals surface area contributed by atoms with E-state index in [4.69, 9.17) is 0 Å². The number of nitrogens with one attached hydrogen (secondary N) is 1. The largest absolute Gasteiger partial charge is 0.280 e. The summed E-state index contributed by atoms with van der Waals surface area (Å²) >= 11 is 5.25. The second kappa shape index (κ2) is 4.79. The molecule has 0 atom stereocenters. The average Bonchev–Trinajstić information content (AvgIpc) is 2.60. The fourth-order valence-corrected chi connectivity index (χ4v) is 2.53. The van der Waals surface area contributed by atoms with Gasteiger partial charge in [-0.15, -0.1) is 0 Å². The maximum atomic E-state index is 12.7. The molecule has 0 spiro atoms. The van der Waals surface area contributed by atoms with Gasteiger partial charge in [-0.1, -0.05) is 28.1 Å². The van der Waals surface area contributed by atoms with E-state index in [1.165, 1.54) is 0 Å². The van der Waals surface area contributed by atoms with Gasteiger partial charge in [0.25, 0.3) is 6.43 Å². The van der Waals surface area contributed by atoms with Crippen LogP contribution in [-0.4, -0.2) is 10.2 Å². The quantitative estimate of drug-likeness (QED) is 0.747. The first-order valence-corrected chi connectivity index (χ1v) is 6.24. The number of aromatic amines is 1. The van der Waals surface area contributed by atoms with Crippen molar-refractivity contribution in [3.05, 3.63) is 38.1 Å². The number of rotatable bonds is 2. The van der Waals surface area contributed by atoms with E-state index in [0.717, 1.165) is 10.0 Å². The monoisotopic (exact) mass is 398 g/mol. The Balaban J connectivity index is 2.59. The maximum Gasteiger partial charge on any atom is 0.280 e. The highest BCUT2D eigenvalue weighted by Crippen LogP contribution is 2.33. The predicted molar refractivity (Wildman–Crippen MR) is 69.4 cm³/mol. The minimum Gasteiger partial charge on any atom is -0.275 e. The van der Waals surface area contributed by atoms with Gasteiger partial charge in [-0.05, 0) is 40.3 Å². The topological polar surface area (TPSA) is 28.7 Å². The Morgan fingerprint density at radius 1 is 1.38 bits per heavy atom. The summed E-state index contributed by atoms with van der Waals surface area (Å²) in [7, 11) is 0. The van der Waals surface area contributed by atoms with Crippen molar-refractivity contribution in [3.63, 3.8) is 0 Å². The Labute approximate surface area is 113 Å². The molecule has 0 amide bonds. The number of nitrogens with zero attached hydrogens (tertiary/aromatic N) is 1. The second-order valence-electron chi connectivity index (χ2n) is 3.11. The minimum absolute atomic E-state index is 0.137. The molecule has 0 radical (unpaired) electrons. The van der Waals surface area contributed by atoms with E-state index in [1.807, 2.05) is 28.7 Å². The van der Waals surface area contributed by atoms with Gasteiger partial charge in [-0.25, -0.2) is 8.78 Å². The summed E-state index contributed by atoms with van der Waals surface area (Å²) in [6.07, 6.45) is -2.55. The Morgan fingerprint density at radius 2 is 2.12 bits per heavy atom. The van der Waals surface area contributed by atoms with Crippen molar-refractivity contribution in [2.75, 3.05) is 0 Å².